The molecule has 0 amide bonds. The molecule has 0 aliphatic heterocycles. The topological polar surface area (TPSA) is 75.6 Å². The maximum Gasteiger partial charge on any atom is 0.261 e. The second-order valence-electron chi connectivity index (χ2n) is 5.64. The molecule has 0 aliphatic rings. The molecule has 0 fully saturated rings. The summed E-state index contributed by atoms with van der Waals surface area (Å²) >= 11 is 0. The van der Waals surface area contributed by atoms with Crippen LogP contribution in [0.3, 0.4) is 0 Å². The van der Waals surface area contributed by atoms with Gasteiger partial charge in [-0.05, 0) is 50.2 Å². The number of rotatable bonds is 4. The molecule has 126 valence electrons. The van der Waals surface area contributed by atoms with Gasteiger partial charge in [-0.1, -0.05) is 24.0 Å². The molecule has 2 rings (SSSR count). The van der Waals surface area contributed by atoms with E-state index >= 15 is 0 Å². The molecule has 0 saturated carbocycles. The van der Waals surface area contributed by atoms with Crippen LogP contribution in [0.1, 0.15) is 19.4 Å². The third kappa shape index (κ3) is 4.75. The van der Waals surface area contributed by atoms with Crippen LogP contribution in [-0.2, 0) is 10.0 Å². The number of methoxy groups -OCH3 is 1. The van der Waals surface area contributed by atoms with Crippen LogP contribution in [-0.4, -0.2) is 26.2 Å². The Bertz CT molecular complexity index is 870. The van der Waals surface area contributed by atoms with E-state index in [1.54, 1.807) is 50.2 Å². The normalized spacial score (nSPS) is 11.3. The van der Waals surface area contributed by atoms with Gasteiger partial charge >= 0.3 is 0 Å². The summed E-state index contributed by atoms with van der Waals surface area (Å²) in [6, 6.07) is 12.8. The van der Waals surface area contributed by atoms with E-state index < -0.39 is 15.6 Å². The first-order chi connectivity index (χ1) is 11.2. The minimum absolute atomic E-state index is 0.119. The lowest BCUT2D eigenvalue weighted by Gasteiger charge is -2.11. The van der Waals surface area contributed by atoms with Gasteiger partial charge in [0.15, 0.2) is 0 Å². The lowest BCUT2D eigenvalue weighted by molar-refractivity contribution is 0.143. The van der Waals surface area contributed by atoms with E-state index in [0.717, 1.165) is 0 Å². The number of ether oxygens (including phenoxy) is 1. The zero-order valence-electron chi connectivity index (χ0n) is 13.7. The lowest BCUT2D eigenvalue weighted by Crippen LogP contribution is -2.15. The molecule has 2 aromatic carbocycles. The van der Waals surface area contributed by atoms with E-state index in [1.165, 1.54) is 19.2 Å². The molecule has 0 saturated heterocycles. The Morgan fingerprint density at radius 2 is 1.71 bits per heavy atom. The average molecular weight is 345 g/mol. The fourth-order valence-corrected chi connectivity index (χ4v) is 2.94. The third-order valence-electron chi connectivity index (χ3n) is 3.04. The molecule has 2 aromatic rings. The zero-order chi connectivity index (χ0) is 17.8. The first-order valence-electron chi connectivity index (χ1n) is 7.23. The number of nitrogens with one attached hydrogen (secondary N) is 1. The van der Waals surface area contributed by atoms with Gasteiger partial charge in [0, 0.05) is 5.56 Å². The second kappa shape index (κ2) is 6.95. The van der Waals surface area contributed by atoms with Gasteiger partial charge in [0.05, 0.1) is 17.7 Å². The van der Waals surface area contributed by atoms with E-state index in [4.69, 9.17) is 4.74 Å². The van der Waals surface area contributed by atoms with E-state index in [1.807, 2.05) is 0 Å². The number of hydrogen-bond acceptors (Lipinski definition) is 4. The van der Waals surface area contributed by atoms with E-state index in [9.17, 15) is 13.5 Å². The average Bonchev–Trinajstić information content (AvgIpc) is 2.53. The van der Waals surface area contributed by atoms with Crippen molar-refractivity contribution in [2.24, 2.45) is 0 Å². The molecule has 0 heterocycles. The molecule has 24 heavy (non-hydrogen) atoms. The molecule has 0 radical (unpaired) electrons. The Kier molecular flexibility index (Phi) is 5.17. The van der Waals surface area contributed by atoms with Crippen LogP contribution in [0.15, 0.2) is 53.4 Å². The highest BCUT2D eigenvalue weighted by Gasteiger charge is 2.16. The highest BCUT2D eigenvalue weighted by Crippen LogP contribution is 2.21. The van der Waals surface area contributed by atoms with Crippen molar-refractivity contribution in [2.75, 3.05) is 11.8 Å². The summed E-state index contributed by atoms with van der Waals surface area (Å²) in [5, 5.41) is 9.71. The fraction of sp³-hybridized carbons (Fsp3) is 0.222. The molecule has 0 atom stereocenters. The number of hydrogen-bond donors (Lipinski definition) is 2. The SMILES string of the molecule is COc1ccc(S(=O)(=O)Nc2ccccc2C#CC(C)(C)O)cc1. The summed E-state index contributed by atoms with van der Waals surface area (Å²) in [6.45, 7) is 3.12. The van der Waals surface area contributed by atoms with Gasteiger partial charge in [-0.2, -0.15) is 0 Å². The van der Waals surface area contributed by atoms with Crippen molar-refractivity contribution in [3.8, 4) is 17.6 Å². The quantitative estimate of drug-likeness (QED) is 0.835. The van der Waals surface area contributed by atoms with Gasteiger partial charge in [-0.3, -0.25) is 4.72 Å². The standard InChI is InChI=1S/C18H19NO4S/c1-18(2,20)13-12-14-6-4-5-7-17(14)19-24(21,22)16-10-8-15(23-3)9-11-16/h4-11,19-20H,1-3H3. The maximum absolute atomic E-state index is 12.5. The highest BCUT2D eigenvalue weighted by atomic mass is 32.2. The van der Waals surface area contributed by atoms with Crippen molar-refractivity contribution in [1.82, 2.24) is 0 Å². The molecule has 0 aromatic heterocycles. The molecular formula is C18H19NO4S. The lowest BCUT2D eigenvalue weighted by atomic mass is 10.1. The van der Waals surface area contributed by atoms with Crippen LogP contribution in [0.5, 0.6) is 5.75 Å². The van der Waals surface area contributed by atoms with Crippen molar-refractivity contribution in [3.63, 3.8) is 0 Å². The second-order valence-corrected chi connectivity index (χ2v) is 7.32. The summed E-state index contributed by atoms with van der Waals surface area (Å²) < 4.78 is 32.6. The van der Waals surface area contributed by atoms with Crippen LogP contribution < -0.4 is 9.46 Å². The molecular weight excluding hydrogens is 326 g/mol. The first kappa shape index (κ1) is 17.9. The van der Waals surface area contributed by atoms with Crippen LogP contribution in [0.4, 0.5) is 5.69 Å². The molecule has 0 bridgehead atoms. The van der Waals surface area contributed by atoms with Gasteiger partial charge in [0.25, 0.3) is 10.0 Å². The van der Waals surface area contributed by atoms with E-state index in [0.29, 0.717) is 17.0 Å². The Hall–Kier alpha value is -2.49. The predicted molar refractivity (Wildman–Crippen MR) is 93.4 cm³/mol. The predicted octanol–water partition coefficient (Wildman–Crippen LogP) is 2.62. The van der Waals surface area contributed by atoms with Gasteiger partial charge in [0.2, 0.25) is 0 Å². The van der Waals surface area contributed by atoms with Crippen LogP contribution in [0, 0.1) is 11.8 Å². The third-order valence-corrected chi connectivity index (χ3v) is 4.43. The molecule has 0 spiro atoms. The van der Waals surface area contributed by atoms with Gasteiger partial charge in [0.1, 0.15) is 11.4 Å². The first-order valence-corrected chi connectivity index (χ1v) is 8.71. The van der Waals surface area contributed by atoms with Crippen molar-refractivity contribution in [2.45, 2.75) is 24.3 Å². The number of para-hydroxylation sites is 1. The van der Waals surface area contributed by atoms with Gasteiger partial charge in [-0.15, -0.1) is 0 Å². The zero-order valence-corrected chi connectivity index (χ0v) is 14.5. The summed E-state index contributed by atoms with van der Waals surface area (Å²) in [5.41, 5.74) is -0.330. The summed E-state index contributed by atoms with van der Waals surface area (Å²) in [6.07, 6.45) is 0. The van der Waals surface area contributed by atoms with Crippen molar-refractivity contribution in [3.05, 3.63) is 54.1 Å². The Morgan fingerprint density at radius 3 is 2.29 bits per heavy atom. The van der Waals surface area contributed by atoms with Crippen LogP contribution in [0.25, 0.3) is 0 Å². The monoisotopic (exact) mass is 345 g/mol. The largest absolute Gasteiger partial charge is 0.497 e. The Morgan fingerprint density at radius 1 is 1.08 bits per heavy atom. The van der Waals surface area contributed by atoms with E-state index in [2.05, 4.69) is 16.6 Å². The molecule has 6 heteroatoms. The van der Waals surface area contributed by atoms with Crippen molar-refractivity contribution < 1.29 is 18.3 Å². The Balaban J connectivity index is 2.34. The van der Waals surface area contributed by atoms with E-state index in [-0.39, 0.29) is 4.90 Å². The highest BCUT2D eigenvalue weighted by molar-refractivity contribution is 7.92. The molecule has 0 unspecified atom stereocenters. The summed E-state index contributed by atoms with van der Waals surface area (Å²) in [7, 11) is -2.24. The van der Waals surface area contributed by atoms with Crippen molar-refractivity contribution in [1.29, 1.82) is 0 Å². The Labute approximate surface area is 142 Å². The van der Waals surface area contributed by atoms with Gasteiger partial charge < -0.3 is 9.84 Å². The molecule has 0 aliphatic carbocycles. The minimum Gasteiger partial charge on any atom is -0.497 e. The summed E-state index contributed by atoms with van der Waals surface area (Å²) in [5.74, 6) is 6.05. The molecule has 2 N–H and O–H groups in total. The summed E-state index contributed by atoms with van der Waals surface area (Å²) in [4.78, 5) is 0.119. The minimum atomic E-state index is -3.75. The van der Waals surface area contributed by atoms with Crippen molar-refractivity contribution >= 4 is 15.7 Å². The van der Waals surface area contributed by atoms with Crippen LogP contribution in [0.2, 0.25) is 0 Å². The smallest absolute Gasteiger partial charge is 0.261 e. The van der Waals surface area contributed by atoms with Gasteiger partial charge in [-0.25, -0.2) is 8.42 Å². The van der Waals surface area contributed by atoms with Crippen LogP contribution >= 0.6 is 0 Å². The maximum atomic E-state index is 12.5. The fourth-order valence-electron chi connectivity index (χ4n) is 1.86. The number of anilines is 1. The number of aliphatic hydroxyl groups is 1. The molecule has 5 nitrogen and oxygen atoms in total. The number of benzene rings is 2. The number of sulfonamides is 1.